The van der Waals surface area contributed by atoms with Crippen LogP contribution >= 0.6 is 15.9 Å². The number of hydrogen-bond donors (Lipinski definition) is 1. The van der Waals surface area contributed by atoms with Gasteiger partial charge in [-0.1, -0.05) is 57.9 Å². The van der Waals surface area contributed by atoms with Gasteiger partial charge in [-0.2, -0.15) is 18.4 Å². The van der Waals surface area contributed by atoms with E-state index in [-0.39, 0.29) is 16.9 Å². The van der Waals surface area contributed by atoms with E-state index in [4.69, 9.17) is 4.74 Å². The largest absolute Gasteiger partial charge is 0.455 e. The maximum Gasteiger partial charge on any atom is 0.455 e. The number of allylic oxidation sites excluding steroid dienone is 1. The number of hydrogen-bond acceptors (Lipinski definition) is 3. The molecule has 0 unspecified atom stereocenters. The Hall–Kier alpha value is -2.30. The first-order valence-corrected chi connectivity index (χ1v) is 8.89. The third-order valence-corrected chi connectivity index (χ3v) is 5.02. The van der Waals surface area contributed by atoms with Gasteiger partial charge in [-0.15, -0.1) is 0 Å². The van der Waals surface area contributed by atoms with E-state index in [1.165, 1.54) is 12.1 Å². The lowest BCUT2D eigenvalue weighted by atomic mass is 9.81. The number of nitrogens with zero attached hydrogens (tertiary/aromatic N) is 1. The fraction of sp³-hybridized carbons (Fsp3) is 0.250. The molecule has 140 valence electrons. The molecule has 0 saturated heterocycles. The van der Waals surface area contributed by atoms with Crippen molar-refractivity contribution >= 4 is 21.7 Å². The molecule has 2 atom stereocenters. The Labute approximate surface area is 162 Å². The minimum Gasteiger partial charge on any atom is -0.451 e. The van der Waals surface area contributed by atoms with Crippen LogP contribution in [0.1, 0.15) is 29.0 Å². The van der Waals surface area contributed by atoms with Crippen LogP contribution in [0.5, 0.6) is 0 Å². The first-order valence-electron chi connectivity index (χ1n) is 8.09. The van der Waals surface area contributed by atoms with E-state index < -0.39 is 24.3 Å². The Morgan fingerprint density at radius 3 is 2.26 bits per heavy atom. The highest BCUT2D eigenvalue weighted by molar-refractivity contribution is 9.10. The first-order chi connectivity index (χ1) is 12.6. The maximum atomic E-state index is 13.6. The van der Waals surface area contributed by atoms with Gasteiger partial charge >= 0.3 is 12.0 Å². The molecule has 3 rings (SSSR count). The van der Waals surface area contributed by atoms with Gasteiger partial charge in [0.05, 0.1) is 11.6 Å². The van der Waals surface area contributed by atoms with Crippen LogP contribution in [0.2, 0.25) is 0 Å². The average Bonchev–Trinajstić information content (AvgIpc) is 2.61. The van der Waals surface area contributed by atoms with Crippen LogP contribution in [0.3, 0.4) is 0 Å². The molecule has 3 nitrogen and oxygen atoms in total. The predicted molar refractivity (Wildman–Crippen MR) is 97.3 cm³/mol. The molecule has 0 aliphatic carbocycles. The lowest BCUT2D eigenvalue weighted by Gasteiger charge is -2.39. The second kappa shape index (κ2) is 7.02. The quantitative estimate of drug-likeness (QED) is 0.679. The van der Waals surface area contributed by atoms with E-state index in [0.29, 0.717) is 5.56 Å². The van der Waals surface area contributed by atoms with E-state index in [0.717, 1.165) is 10.0 Å². The molecule has 1 aliphatic rings. The van der Waals surface area contributed by atoms with Crippen molar-refractivity contribution in [1.29, 1.82) is 5.26 Å². The molecule has 7 heteroatoms. The highest BCUT2D eigenvalue weighted by Gasteiger charge is 2.60. The molecule has 0 fully saturated rings. The number of ether oxygens (including phenoxy) is 1. The zero-order valence-electron chi connectivity index (χ0n) is 14.2. The summed E-state index contributed by atoms with van der Waals surface area (Å²) in [6, 6.07) is 15.1. The molecule has 0 saturated carbocycles. The fourth-order valence-electron chi connectivity index (χ4n) is 3.00. The van der Waals surface area contributed by atoms with E-state index >= 15 is 0 Å². The molecule has 0 aromatic heterocycles. The summed E-state index contributed by atoms with van der Waals surface area (Å²) < 4.78 is 46.5. The summed E-state index contributed by atoms with van der Waals surface area (Å²) >= 11 is 3.26. The Balaban J connectivity index is 2.20. The molecule has 0 radical (unpaired) electrons. The summed E-state index contributed by atoms with van der Waals surface area (Å²) in [5, 5.41) is 20.0. The Kier molecular flexibility index (Phi) is 5.06. The lowest BCUT2D eigenvalue weighted by molar-refractivity contribution is -0.351. The van der Waals surface area contributed by atoms with Gasteiger partial charge in [0.15, 0.2) is 0 Å². The summed E-state index contributed by atoms with van der Waals surface area (Å²) in [5.74, 6) is -4.60. The van der Waals surface area contributed by atoms with E-state index in [1.807, 2.05) is 13.0 Å². The topological polar surface area (TPSA) is 53.2 Å². The standard InChI is InChI=1S/C20H15BrF3NO2/c1-12-2-4-13(5-3-12)16-10-19(26,20(22,23)24)27-18(17(16)11-25)14-6-8-15(21)9-7-14/h2-9,16,26H,10H2,1H3/t16-,19+/m1/s1. The van der Waals surface area contributed by atoms with Gasteiger partial charge in [-0.25, -0.2) is 0 Å². The van der Waals surface area contributed by atoms with Crippen molar-refractivity contribution in [3.05, 3.63) is 75.3 Å². The number of halogens is 4. The summed E-state index contributed by atoms with van der Waals surface area (Å²) in [5.41, 5.74) is 1.79. The van der Waals surface area contributed by atoms with E-state index in [1.54, 1.807) is 36.4 Å². The second-order valence-electron chi connectivity index (χ2n) is 6.41. The average molecular weight is 438 g/mol. The predicted octanol–water partition coefficient (Wildman–Crippen LogP) is 5.45. The molecule has 0 bridgehead atoms. The van der Waals surface area contributed by atoms with Crippen molar-refractivity contribution < 1.29 is 23.0 Å². The number of benzene rings is 2. The van der Waals surface area contributed by atoms with Crippen LogP contribution in [0.25, 0.3) is 5.76 Å². The van der Waals surface area contributed by atoms with Crippen molar-refractivity contribution in [3.8, 4) is 6.07 Å². The van der Waals surface area contributed by atoms with Crippen LogP contribution in [0.15, 0.2) is 58.6 Å². The van der Waals surface area contributed by atoms with E-state index in [2.05, 4.69) is 15.9 Å². The molecule has 1 N–H and O–H groups in total. The summed E-state index contributed by atoms with van der Waals surface area (Å²) in [7, 11) is 0. The molecular weight excluding hydrogens is 423 g/mol. The van der Waals surface area contributed by atoms with Gasteiger partial charge in [-0.05, 0) is 24.6 Å². The van der Waals surface area contributed by atoms with Gasteiger partial charge in [0, 0.05) is 22.4 Å². The van der Waals surface area contributed by atoms with E-state index in [9.17, 15) is 23.5 Å². The van der Waals surface area contributed by atoms with Crippen molar-refractivity contribution in [2.45, 2.75) is 31.2 Å². The van der Waals surface area contributed by atoms with Crippen molar-refractivity contribution in [3.63, 3.8) is 0 Å². The van der Waals surface area contributed by atoms with Crippen molar-refractivity contribution in [1.82, 2.24) is 0 Å². The van der Waals surface area contributed by atoms with Gasteiger partial charge in [-0.3, -0.25) is 0 Å². The van der Waals surface area contributed by atoms with Crippen molar-refractivity contribution in [2.24, 2.45) is 0 Å². The van der Waals surface area contributed by atoms with Gasteiger partial charge in [0.2, 0.25) is 0 Å². The number of nitriles is 1. The van der Waals surface area contributed by atoms with Crippen LogP contribution < -0.4 is 0 Å². The normalized spacial score (nSPS) is 22.9. The molecule has 2 aromatic carbocycles. The summed E-state index contributed by atoms with van der Waals surface area (Å²) in [6.45, 7) is 1.86. The van der Waals surface area contributed by atoms with Crippen molar-refractivity contribution in [2.75, 3.05) is 0 Å². The lowest BCUT2D eigenvalue weighted by Crippen LogP contribution is -2.50. The number of rotatable bonds is 2. The fourth-order valence-corrected chi connectivity index (χ4v) is 3.27. The van der Waals surface area contributed by atoms with Gasteiger partial charge < -0.3 is 9.84 Å². The zero-order chi connectivity index (χ0) is 19.8. The highest BCUT2D eigenvalue weighted by Crippen LogP contribution is 2.49. The molecule has 27 heavy (non-hydrogen) atoms. The van der Waals surface area contributed by atoms with Crippen LogP contribution in [-0.4, -0.2) is 17.1 Å². The Morgan fingerprint density at radius 2 is 1.74 bits per heavy atom. The summed E-state index contributed by atoms with van der Waals surface area (Å²) in [6.07, 6.45) is -5.81. The Morgan fingerprint density at radius 1 is 1.15 bits per heavy atom. The zero-order valence-corrected chi connectivity index (χ0v) is 15.8. The van der Waals surface area contributed by atoms with Crippen LogP contribution in [-0.2, 0) is 4.74 Å². The first kappa shape index (κ1) is 19.5. The van der Waals surface area contributed by atoms with Gasteiger partial charge in [0.25, 0.3) is 0 Å². The molecule has 1 aliphatic heterocycles. The molecule has 0 spiro atoms. The minimum atomic E-state index is -5.02. The highest BCUT2D eigenvalue weighted by atomic mass is 79.9. The molecular formula is C20H15BrF3NO2. The van der Waals surface area contributed by atoms with Gasteiger partial charge in [0.1, 0.15) is 5.76 Å². The monoisotopic (exact) mass is 437 g/mol. The second-order valence-corrected chi connectivity index (χ2v) is 7.33. The molecule has 1 heterocycles. The SMILES string of the molecule is Cc1ccc([C@H]2C[C@@](O)(C(F)(F)F)OC(c3ccc(Br)cc3)=C2C#N)cc1. The molecule has 0 amide bonds. The third-order valence-electron chi connectivity index (χ3n) is 4.49. The smallest absolute Gasteiger partial charge is 0.451 e. The summed E-state index contributed by atoms with van der Waals surface area (Å²) in [4.78, 5) is 0. The minimum absolute atomic E-state index is 0.0510. The molecule has 2 aromatic rings. The van der Waals surface area contributed by atoms with Crippen LogP contribution in [0.4, 0.5) is 13.2 Å². The third kappa shape index (κ3) is 3.73. The number of aryl methyl sites for hydroxylation is 1. The maximum absolute atomic E-state index is 13.6. The van der Waals surface area contributed by atoms with Crippen LogP contribution in [0, 0.1) is 18.3 Å². The number of alkyl halides is 3. The number of aliphatic hydroxyl groups is 1. The Bertz CT molecular complexity index is 914.